The molecule has 0 bridgehead atoms. The van der Waals surface area contributed by atoms with Crippen LogP contribution in [0.5, 0.6) is 0 Å². The number of aromatic nitrogens is 3. The number of rotatable bonds is 3. The SMILES string of the molecule is Cc1[nH]nc(NS(=O)(=O)c2c[nH]c3cc(N)ccc23)c1C. The van der Waals surface area contributed by atoms with Gasteiger partial charge in [0.1, 0.15) is 4.90 Å². The summed E-state index contributed by atoms with van der Waals surface area (Å²) >= 11 is 0. The molecule has 8 heteroatoms. The molecule has 0 fully saturated rings. The molecule has 1 aromatic carbocycles. The third-order valence-corrected chi connectivity index (χ3v) is 4.82. The summed E-state index contributed by atoms with van der Waals surface area (Å²) < 4.78 is 27.5. The molecule has 0 amide bonds. The second kappa shape index (κ2) is 4.52. The topological polar surface area (TPSA) is 117 Å². The van der Waals surface area contributed by atoms with Gasteiger partial charge in [0.15, 0.2) is 5.82 Å². The zero-order valence-electron chi connectivity index (χ0n) is 11.6. The quantitative estimate of drug-likeness (QED) is 0.553. The minimum absolute atomic E-state index is 0.164. The number of fused-ring (bicyclic) bond motifs is 1. The Balaban J connectivity index is 2.06. The maximum absolute atomic E-state index is 12.5. The zero-order chi connectivity index (χ0) is 15.2. The molecule has 5 N–H and O–H groups in total. The summed E-state index contributed by atoms with van der Waals surface area (Å²) in [4.78, 5) is 3.08. The fourth-order valence-electron chi connectivity index (χ4n) is 2.11. The highest BCUT2D eigenvalue weighted by Gasteiger charge is 2.21. The first-order valence-corrected chi connectivity index (χ1v) is 7.78. The standard InChI is InChI=1S/C13H15N5O2S/c1-7-8(2)16-17-13(7)18-21(19,20)12-6-15-11-5-9(14)3-4-10(11)12/h3-6,15H,14H2,1-2H3,(H2,16,17,18). The third kappa shape index (κ3) is 2.23. The van der Waals surface area contributed by atoms with Crippen LogP contribution in [0.2, 0.25) is 0 Å². The van der Waals surface area contributed by atoms with Gasteiger partial charge in [0.2, 0.25) is 0 Å². The van der Waals surface area contributed by atoms with Crippen LogP contribution in [0.15, 0.2) is 29.3 Å². The molecule has 0 unspecified atom stereocenters. The van der Waals surface area contributed by atoms with Crippen LogP contribution in [0.25, 0.3) is 10.9 Å². The molecule has 0 aliphatic heterocycles. The van der Waals surface area contributed by atoms with E-state index in [0.717, 1.165) is 11.3 Å². The highest BCUT2D eigenvalue weighted by molar-refractivity contribution is 7.93. The molecular weight excluding hydrogens is 290 g/mol. The number of nitrogens with two attached hydrogens (primary N) is 1. The maximum Gasteiger partial charge on any atom is 0.265 e. The van der Waals surface area contributed by atoms with E-state index in [9.17, 15) is 8.42 Å². The lowest BCUT2D eigenvalue weighted by molar-refractivity contribution is 0.602. The minimum Gasteiger partial charge on any atom is -0.399 e. The Morgan fingerprint density at radius 1 is 1.29 bits per heavy atom. The average molecular weight is 305 g/mol. The van der Waals surface area contributed by atoms with E-state index in [0.29, 0.717) is 22.4 Å². The number of H-pyrrole nitrogens is 2. The molecular formula is C13H15N5O2S. The van der Waals surface area contributed by atoms with Crippen molar-refractivity contribution in [3.8, 4) is 0 Å². The van der Waals surface area contributed by atoms with E-state index in [1.165, 1.54) is 6.20 Å². The van der Waals surface area contributed by atoms with E-state index < -0.39 is 10.0 Å². The van der Waals surface area contributed by atoms with Crippen LogP contribution in [0.3, 0.4) is 0 Å². The summed E-state index contributed by atoms with van der Waals surface area (Å²) in [5, 5.41) is 7.29. The van der Waals surface area contributed by atoms with Gasteiger partial charge in [0, 0.05) is 34.0 Å². The fourth-order valence-corrected chi connectivity index (χ4v) is 3.35. The van der Waals surface area contributed by atoms with Crippen LogP contribution in [-0.4, -0.2) is 23.6 Å². The Morgan fingerprint density at radius 3 is 2.71 bits per heavy atom. The summed E-state index contributed by atoms with van der Waals surface area (Å²) in [5.74, 6) is 0.303. The summed E-state index contributed by atoms with van der Waals surface area (Å²) in [6.45, 7) is 3.63. The number of sulfonamides is 1. The molecule has 3 rings (SSSR count). The van der Waals surface area contributed by atoms with Crippen LogP contribution in [0.4, 0.5) is 11.5 Å². The molecule has 0 radical (unpaired) electrons. The van der Waals surface area contributed by atoms with E-state index in [2.05, 4.69) is 19.9 Å². The molecule has 0 aliphatic carbocycles. The van der Waals surface area contributed by atoms with E-state index in [-0.39, 0.29) is 4.90 Å². The van der Waals surface area contributed by atoms with Gasteiger partial charge in [0.05, 0.1) is 0 Å². The lowest BCUT2D eigenvalue weighted by atomic mass is 10.2. The average Bonchev–Trinajstić information content (AvgIpc) is 2.97. The van der Waals surface area contributed by atoms with E-state index in [4.69, 9.17) is 5.73 Å². The molecule has 0 aliphatic rings. The van der Waals surface area contributed by atoms with E-state index in [1.807, 2.05) is 6.92 Å². The summed E-state index contributed by atoms with van der Waals surface area (Å²) in [6, 6.07) is 5.04. The van der Waals surface area contributed by atoms with Gasteiger partial charge in [-0.3, -0.25) is 9.82 Å². The minimum atomic E-state index is -3.72. The van der Waals surface area contributed by atoms with Crippen LogP contribution < -0.4 is 10.5 Å². The second-order valence-electron chi connectivity index (χ2n) is 4.89. The van der Waals surface area contributed by atoms with Crippen molar-refractivity contribution in [2.45, 2.75) is 18.7 Å². The molecule has 21 heavy (non-hydrogen) atoms. The van der Waals surface area contributed by atoms with Crippen molar-refractivity contribution in [1.82, 2.24) is 15.2 Å². The Labute approximate surface area is 121 Å². The highest BCUT2D eigenvalue weighted by atomic mass is 32.2. The molecule has 0 saturated heterocycles. The van der Waals surface area contributed by atoms with Gasteiger partial charge in [-0.15, -0.1) is 0 Å². The molecule has 2 aromatic heterocycles. The lowest BCUT2D eigenvalue weighted by Crippen LogP contribution is -2.13. The van der Waals surface area contributed by atoms with Crippen LogP contribution in [0, 0.1) is 13.8 Å². The summed E-state index contributed by atoms with van der Waals surface area (Å²) in [7, 11) is -3.72. The fraction of sp³-hybridized carbons (Fsp3) is 0.154. The number of aryl methyl sites for hydroxylation is 1. The van der Waals surface area contributed by atoms with Crippen molar-refractivity contribution < 1.29 is 8.42 Å². The summed E-state index contributed by atoms with van der Waals surface area (Å²) in [5.41, 5.74) is 8.52. The first-order chi connectivity index (χ1) is 9.88. The van der Waals surface area contributed by atoms with Gasteiger partial charge in [-0.1, -0.05) is 0 Å². The molecule has 110 valence electrons. The van der Waals surface area contributed by atoms with Gasteiger partial charge < -0.3 is 10.7 Å². The second-order valence-corrected chi connectivity index (χ2v) is 6.54. The molecule has 3 aromatic rings. The first-order valence-electron chi connectivity index (χ1n) is 6.29. The number of anilines is 2. The van der Waals surface area contributed by atoms with Crippen molar-refractivity contribution in [3.05, 3.63) is 35.7 Å². The zero-order valence-corrected chi connectivity index (χ0v) is 12.4. The van der Waals surface area contributed by atoms with Gasteiger partial charge in [0.25, 0.3) is 10.0 Å². The number of hydrogen-bond donors (Lipinski definition) is 4. The van der Waals surface area contributed by atoms with Gasteiger partial charge >= 0.3 is 0 Å². The molecule has 2 heterocycles. The van der Waals surface area contributed by atoms with E-state index in [1.54, 1.807) is 25.1 Å². The van der Waals surface area contributed by atoms with Gasteiger partial charge in [-0.25, -0.2) is 8.42 Å². The number of aromatic amines is 2. The molecule has 7 nitrogen and oxygen atoms in total. The Morgan fingerprint density at radius 2 is 2.05 bits per heavy atom. The monoisotopic (exact) mass is 305 g/mol. The summed E-state index contributed by atoms with van der Waals surface area (Å²) in [6.07, 6.45) is 1.45. The Kier molecular flexibility index (Phi) is 2.91. The maximum atomic E-state index is 12.5. The number of nitrogens with zero attached hydrogens (tertiary/aromatic N) is 1. The van der Waals surface area contributed by atoms with Crippen molar-refractivity contribution in [2.75, 3.05) is 10.5 Å². The van der Waals surface area contributed by atoms with Crippen LogP contribution in [-0.2, 0) is 10.0 Å². The van der Waals surface area contributed by atoms with Crippen molar-refractivity contribution >= 4 is 32.4 Å². The third-order valence-electron chi connectivity index (χ3n) is 3.44. The molecule has 0 saturated carbocycles. The predicted molar refractivity (Wildman–Crippen MR) is 81.6 cm³/mol. The number of hydrogen-bond acceptors (Lipinski definition) is 4. The van der Waals surface area contributed by atoms with E-state index >= 15 is 0 Å². The molecule has 0 spiro atoms. The number of nitrogen functional groups attached to an aromatic ring is 1. The number of nitrogens with one attached hydrogen (secondary N) is 3. The van der Waals surface area contributed by atoms with Crippen LogP contribution in [0.1, 0.15) is 11.3 Å². The van der Waals surface area contributed by atoms with Crippen molar-refractivity contribution in [3.63, 3.8) is 0 Å². The first kappa shape index (κ1) is 13.5. The highest BCUT2D eigenvalue weighted by Crippen LogP contribution is 2.26. The Bertz CT molecular complexity index is 923. The normalized spacial score (nSPS) is 11.9. The van der Waals surface area contributed by atoms with Gasteiger partial charge in [-0.05, 0) is 32.0 Å². The largest absolute Gasteiger partial charge is 0.399 e. The predicted octanol–water partition coefficient (Wildman–Crippen LogP) is 1.89. The Hall–Kier alpha value is -2.48. The lowest BCUT2D eigenvalue weighted by Gasteiger charge is -2.05. The van der Waals surface area contributed by atoms with Gasteiger partial charge in [-0.2, -0.15) is 5.10 Å². The van der Waals surface area contributed by atoms with Crippen LogP contribution >= 0.6 is 0 Å². The van der Waals surface area contributed by atoms with Crippen molar-refractivity contribution in [1.29, 1.82) is 0 Å². The molecule has 0 atom stereocenters. The van der Waals surface area contributed by atoms with Crippen molar-refractivity contribution in [2.24, 2.45) is 0 Å². The smallest absolute Gasteiger partial charge is 0.265 e. The number of benzene rings is 1.